The van der Waals surface area contributed by atoms with Crippen LogP contribution < -0.4 is 0 Å². The van der Waals surface area contributed by atoms with Gasteiger partial charge in [0.25, 0.3) is 5.91 Å². The predicted molar refractivity (Wildman–Crippen MR) is 94.2 cm³/mol. The third kappa shape index (κ3) is 3.03. The summed E-state index contributed by atoms with van der Waals surface area (Å²) < 4.78 is 5.85. The van der Waals surface area contributed by atoms with Crippen LogP contribution in [-0.4, -0.2) is 27.5 Å². The van der Waals surface area contributed by atoms with E-state index in [0.29, 0.717) is 28.9 Å². The molecule has 2 heterocycles. The lowest BCUT2D eigenvalue weighted by atomic mass is 10.1. The summed E-state index contributed by atoms with van der Waals surface area (Å²) in [6, 6.07) is 16.5. The van der Waals surface area contributed by atoms with E-state index in [1.54, 1.807) is 17.0 Å². The zero-order chi connectivity index (χ0) is 17.2. The fraction of sp³-hybridized carbons (Fsp3) is 0.211. The van der Waals surface area contributed by atoms with Crippen molar-refractivity contribution in [2.24, 2.45) is 0 Å². The highest BCUT2D eigenvalue weighted by Crippen LogP contribution is 2.34. The maximum atomic E-state index is 12.9. The Morgan fingerprint density at radius 2 is 1.84 bits per heavy atom. The molecule has 2 aromatic carbocycles. The number of carbonyl (C=O) groups excluding carboxylic acids is 1. The van der Waals surface area contributed by atoms with E-state index in [4.69, 9.17) is 16.0 Å². The minimum Gasteiger partial charge on any atom is -0.418 e. The number of likely N-dealkylation sites (tertiary alicyclic amines) is 1. The molecule has 0 saturated carbocycles. The van der Waals surface area contributed by atoms with Crippen molar-refractivity contribution in [1.29, 1.82) is 0 Å². The maximum Gasteiger partial charge on any atom is 0.256 e. The van der Waals surface area contributed by atoms with Crippen LogP contribution in [0.3, 0.4) is 0 Å². The van der Waals surface area contributed by atoms with Crippen LogP contribution in [0, 0.1) is 0 Å². The molecule has 0 aliphatic carbocycles. The van der Waals surface area contributed by atoms with Crippen molar-refractivity contribution in [3.63, 3.8) is 0 Å². The van der Waals surface area contributed by atoms with Crippen LogP contribution in [0.4, 0.5) is 0 Å². The van der Waals surface area contributed by atoms with Crippen molar-refractivity contribution >= 4 is 17.5 Å². The van der Waals surface area contributed by atoms with Crippen molar-refractivity contribution < 1.29 is 9.21 Å². The van der Waals surface area contributed by atoms with E-state index in [1.165, 1.54) is 0 Å². The Hall–Kier alpha value is -2.66. The third-order valence-corrected chi connectivity index (χ3v) is 4.69. The van der Waals surface area contributed by atoms with E-state index < -0.39 is 0 Å². The first kappa shape index (κ1) is 15.8. The summed E-state index contributed by atoms with van der Waals surface area (Å²) in [6.45, 7) is 0.651. The predicted octanol–water partition coefficient (Wildman–Crippen LogP) is 4.37. The summed E-state index contributed by atoms with van der Waals surface area (Å²) in [5.41, 5.74) is 1.36. The molecule has 126 valence electrons. The Kier molecular flexibility index (Phi) is 4.24. The van der Waals surface area contributed by atoms with E-state index in [9.17, 15) is 4.79 Å². The van der Waals surface area contributed by atoms with Gasteiger partial charge in [0.1, 0.15) is 6.04 Å². The Bertz CT molecular complexity index is 894. The second-order valence-electron chi connectivity index (χ2n) is 5.95. The fourth-order valence-electron chi connectivity index (χ4n) is 3.12. The van der Waals surface area contributed by atoms with Crippen molar-refractivity contribution in [3.05, 3.63) is 71.1 Å². The van der Waals surface area contributed by atoms with Gasteiger partial charge in [-0.2, -0.15) is 0 Å². The first-order valence-electron chi connectivity index (χ1n) is 8.18. The highest BCUT2D eigenvalue weighted by molar-refractivity contribution is 6.33. The van der Waals surface area contributed by atoms with E-state index in [2.05, 4.69) is 10.2 Å². The van der Waals surface area contributed by atoms with Gasteiger partial charge in [0, 0.05) is 12.1 Å². The minimum atomic E-state index is -0.214. The summed E-state index contributed by atoms with van der Waals surface area (Å²) in [5.74, 6) is 0.831. The van der Waals surface area contributed by atoms with Crippen LogP contribution >= 0.6 is 11.6 Å². The lowest BCUT2D eigenvalue weighted by Crippen LogP contribution is -2.30. The summed E-state index contributed by atoms with van der Waals surface area (Å²) in [6.07, 6.45) is 1.69. The molecular weight excluding hydrogens is 338 g/mol. The van der Waals surface area contributed by atoms with Gasteiger partial charge in [-0.05, 0) is 37.1 Å². The minimum absolute atomic E-state index is 0.104. The summed E-state index contributed by atoms with van der Waals surface area (Å²) in [7, 11) is 0. The number of benzene rings is 2. The largest absolute Gasteiger partial charge is 0.418 e. The van der Waals surface area contributed by atoms with Gasteiger partial charge in [0.2, 0.25) is 11.8 Å². The van der Waals surface area contributed by atoms with Gasteiger partial charge < -0.3 is 9.32 Å². The fourth-order valence-corrected chi connectivity index (χ4v) is 3.34. The van der Waals surface area contributed by atoms with Gasteiger partial charge in [-0.3, -0.25) is 4.79 Å². The molecule has 6 heteroatoms. The molecule has 1 aliphatic rings. The Morgan fingerprint density at radius 3 is 2.64 bits per heavy atom. The normalized spacial score (nSPS) is 17.0. The molecule has 3 aromatic rings. The molecule has 0 bridgehead atoms. The van der Waals surface area contributed by atoms with Gasteiger partial charge in [-0.15, -0.1) is 10.2 Å². The lowest BCUT2D eigenvalue weighted by molar-refractivity contribution is 0.0716. The summed E-state index contributed by atoms with van der Waals surface area (Å²) >= 11 is 6.18. The standard InChI is InChI=1S/C19H16ClN3O2/c20-15-10-5-4-9-14(15)19(24)23-12-6-11-16(23)18-22-21-17(25-18)13-7-2-1-3-8-13/h1-5,7-10,16H,6,11-12H2. The average molecular weight is 354 g/mol. The van der Waals surface area contributed by atoms with Crippen LogP contribution in [-0.2, 0) is 0 Å². The van der Waals surface area contributed by atoms with Crippen molar-refractivity contribution in [1.82, 2.24) is 15.1 Å². The number of hydrogen-bond acceptors (Lipinski definition) is 4. The molecule has 0 spiro atoms. The third-order valence-electron chi connectivity index (χ3n) is 4.36. The van der Waals surface area contributed by atoms with Crippen LogP contribution in [0.1, 0.15) is 35.1 Å². The van der Waals surface area contributed by atoms with Gasteiger partial charge in [0.15, 0.2) is 0 Å². The average Bonchev–Trinajstić information content (AvgIpc) is 3.31. The Balaban J connectivity index is 1.61. The van der Waals surface area contributed by atoms with Crippen molar-refractivity contribution in [2.45, 2.75) is 18.9 Å². The number of halogens is 1. The molecule has 25 heavy (non-hydrogen) atoms. The SMILES string of the molecule is O=C(c1ccccc1Cl)N1CCCC1c1nnc(-c2ccccc2)o1. The van der Waals surface area contributed by atoms with Gasteiger partial charge >= 0.3 is 0 Å². The second kappa shape index (κ2) is 6.69. The number of rotatable bonds is 3. The number of carbonyl (C=O) groups is 1. The summed E-state index contributed by atoms with van der Waals surface area (Å²) in [4.78, 5) is 14.6. The Morgan fingerprint density at radius 1 is 1.08 bits per heavy atom. The van der Waals surface area contributed by atoms with Crippen molar-refractivity contribution in [2.75, 3.05) is 6.54 Å². The number of aromatic nitrogens is 2. The highest BCUT2D eigenvalue weighted by atomic mass is 35.5. The van der Waals surface area contributed by atoms with Crippen LogP contribution in [0.5, 0.6) is 0 Å². The number of nitrogens with zero attached hydrogens (tertiary/aromatic N) is 3. The molecule has 1 amide bonds. The molecule has 5 nitrogen and oxygen atoms in total. The number of hydrogen-bond donors (Lipinski definition) is 0. The molecule has 0 N–H and O–H groups in total. The molecule has 1 saturated heterocycles. The molecule has 0 radical (unpaired) electrons. The quantitative estimate of drug-likeness (QED) is 0.701. The molecule has 1 unspecified atom stereocenters. The Labute approximate surface area is 150 Å². The van der Waals surface area contributed by atoms with Crippen LogP contribution in [0.25, 0.3) is 11.5 Å². The molecule has 1 fully saturated rings. The topological polar surface area (TPSA) is 59.2 Å². The van der Waals surface area contributed by atoms with Crippen molar-refractivity contribution in [3.8, 4) is 11.5 Å². The van der Waals surface area contributed by atoms with E-state index in [1.807, 2.05) is 42.5 Å². The lowest BCUT2D eigenvalue weighted by Gasteiger charge is -2.22. The van der Waals surface area contributed by atoms with Gasteiger partial charge in [-0.1, -0.05) is 41.9 Å². The van der Waals surface area contributed by atoms with Gasteiger partial charge in [0.05, 0.1) is 10.6 Å². The molecule has 1 aliphatic heterocycles. The van der Waals surface area contributed by atoms with Crippen LogP contribution in [0.15, 0.2) is 59.0 Å². The molecule has 1 aromatic heterocycles. The molecule has 4 rings (SSSR count). The molecule has 1 atom stereocenters. The maximum absolute atomic E-state index is 12.9. The first-order valence-corrected chi connectivity index (χ1v) is 8.56. The van der Waals surface area contributed by atoms with E-state index in [0.717, 1.165) is 18.4 Å². The first-order chi connectivity index (χ1) is 12.2. The zero-order valence-corrected chi connectivity index (χ0v) is 14.2. The monoisotopic (exact) mass is 353 g/mol. The summed E-state index contributed by atoms with van der Waals surface area (Å²) in [5, 5.41) is 8.77. The second-order valence-corrected chi connectivity index (χ2v) is 6.36. The highest BCUT2D eigenvalue weighted by Gasteiger charge is 2.35. The van der Waals surface area contributed by atoms with Crippen LogP contribution in [0.2, 0.25) is 5.02 Å². The number of amides is 1. The smallest absolute Gasteiger partial charge is 0.256 e. The van der Waals surface area contributed by atoms with E-state index >= 15 is 0 Å². The zero-order valence-electron chi connectivity index (χ0n) is 13.4. The molecular formula is C19H16ClN3O2. The van der Waals surface area contributed by atoms with Gasteiger partial charge in [-0.25, -0.2) is 0 Å². The van der Waals surface area contributed by atoms with E-state index in [-0.39, 0.29) is 11.9 Å².